The molecule has 7 nitrogen and oxygen atoms in total. The topological polar surface area (TPSA) is 78.3 Å². The number of rotatable bonds is 9. The van der Waals surface area contributed by atoms with E-state index in [9.17, 15) is 4.79 Å². The van der Waals surface area contributed by atoms with Gasteiger partial charge < -0.3 is 19.4 Å². The standard InChI is InChI=1S/C21H30N4O3/c1-13(24-15(3)26)10-27-18-7-17(8-18)11-28-21-19-6-14(2)25(9-16-4-5-16)20(19)22-12-23-21/h6,12-13,16-18H,4-5,7-11H2,1-3H3,(H,24,26)/t13-,17-,18-/m0/s1. The highest BCUT2D eigenvalue weighted by atomic mass is 16.5. The molecule has 7 heteroatoms. The second kappa shape index (κ2) is 8.07. The number of aryl methyl sites for hydroxylation is 1. The summed E-state index contributed by atoms with van der Waals surface area (Å²) in [5.74, 6) is 1.95. The van der Waals surface area contributed by atoms with Gasteiger partial charge in [0, 0.05) is 25.2 Å². The summed E-state index contributed by atoms with van der Waals surface area (Å²) in [7, 11) is 0. The molecule has 0 aliphatic heterocycles. The van der Waals surface area contributed by atoms with Gasteiger partial charge in [-0.1, -0.05) is 0 Å². The van der Waals surface area contributed by atoms with Gasteiger partial charge in [-0.3, -0.25) is 4.79 Å². The van der Waals surface area contributed by atoms with E-state index in [0.717, 1.165) is 36.3 Å². The highest BCUT2D eigenvalue weighted by Crippen LogP contribution is 2.35. The Balaban J connectivity index is 1.27. The first-order chi connectivity index (χ1) is 13.5. The van der Waals surface area contributed by atoms with Crippen molar-refractivity contribution in [1.82, 2.24) is 19.9 Å². The van der Waals surface area contributed by atoms with E-state index in [2.05, 4.69) is 32.8 Å². The summed E-state index contributed by atoms with van der Waals surface area (Å²) in [4.78, 5) is 19.9. The molecular formula is C21H30N4O3. The molecule has 2 aromatic rings. The Hall–Kier alpha value is -2.15. The minimum absolute atomic E-state index is 0.0200. The molecule has 2 saturated carbocycles. The van der Waals surface area contributed by atoms with Crippen molar-refractivity contribution in [3.63, 3.8) is 0 Å². The third-order valence-corrected chi connectivity index (χ3v) is 5.68. The zero-order valence-electron chi connectivity index (χ0n) is 17.0. The molecule has 2 aliphatic rings. The van der Waals surface area contributed by atoms with Crippen LogP contribution in [0.25, 0.3) is 11.0 Å². The van der Waals surface area contributed by atoms with Crippen LogP contribution in [0.1, 0.15) is 45.2 Å². The van der Waals surface area contributed by atoms with E-state index < -0.39 is 0 Å². The Morgan fingerprint density at radius 3 is 2.82 bits per heavy atom. The number of fused-ring (bicyclic) bond motifs is 1. The molecule has 0 bridgehead atoms. The monoisotopic (exact) mass is 386 g/mol. The first-order valence-corrected chi connectivity index (χ1v) is 10.3. The van der Waals surface area contributed by atoms with Gasteiger partial charge in [-0.25, -0.2) is 9.97 Å². The molecule has 28 heavy (non-hydrogen) atoms. The lowest BCUT2D eigenvalue weighted by molar-refractivity contribution is -0.120. The van der Waals surface area contributed by atoms with E-state index in [-0.39, 0.29) is 18.1 Å². The second-order valence-electron chi connectivity index (χ2n) is 8.46. The number of amides is 1. The highest BCUT2D eigenvalue weighted by molar-refractivity contribution is 5.82. The summed E-state index contributed by atoms with van der Waals surface area (Å²) in [5, 5.41) is 3.85. The molecule has 2 aromatic heterocycles. The van der Waals surface area contributed by atoms with Gasteiger partial charge in [-0.2, -0.15) is 0 Å². The first-order valence-electron chi connectivity index (χ1n) is 10.3. The first kappa shape index (κ1) is 19.2. The summed E-state index contributed by atoms with van der Waals surface area (Å²) in [6.45, 7) is 7.86. The van der Waals surface area contributed by atoms with Crippen molar-refractivity contribution in [2.24, 2.45) is 11.8 Å². The average Bonchev–Trinajstić information content (AvgIpc) is 3.36. The summed E-state index contributed by atoms with van der Waals surface area (Å²) in [6, 6.07) is 2.19. The molecule has 2 heterocycles. The zero-order chi connectivity index (χ0) is 19.7. The molecule has 1 N–H and O–H groups in total. The number of hydrogen-bond donors (Lipinski definition) is 1. The number of hydrogen-bond acceptors (Lipinski definition) is 5. The SMILES string of the molecule is CC(=O)N[C@@H](C)CO[C@H]1C[C@H](COc2ncnc3c2cc(C)n3CC2CC2)C1. The number of nitrogens with one attached hydrogen (secondary N) is 1. The molecule has 0 saturated heterocycles. The molecule has 4 rings (SSSR count). The zero-order valence-corrected chi connectivity index (χ0v) is 17.0. The molecule has 0 aromatic carbocycles. The van der Waals surface area contributed by atoms with Crippen molar-refractivity contribution < 1.29 is 14.3 Å². The van der Waals surface area contributed by atoms with Gasteiger partial charge in [0.1, 0.15) is 12.0 Å². The van der Waals surface area contributed by atoms with Gasteiger partial charge in [-0.05, 0) is 57.4 Å². The maximum atomic E-state index is 11.0. The normalized spacial score (nSPS) is 22.7. The van der Waals surface area contributed by atoms with Gasteiger partial charge in [0.05, 0.1) is 24.7 Å². The van der Waals surface area contributed by atoms with Crippen molar-refractivity contribution in [3.05, 3.63) is 18.1 Å². The van der Waals surface area contributed by atoms with E-state index in [4.69, 9.17) is 9.47 Å². The maximum absolute atomic E-state index is 11.0. The van der Waals surface area contributed by atoms with Gasteiger partial charge in [0.25, 0.3) is 0 Å². The fourth-order valence-corrected chi connectivity index (χ4v) is 3.88. The maximum Gasteiger partial charge on any atom is 0.226 e. The fourth-order valence-electron chi connectivity index (χ4n) is 3.88. The van der Waals surface area contributed by atoms with Crippen molar-refractivity contribution in [3.8, 4) is 5.88 Å². The van der Waals surface area contributed by atoms with E-state index in [0.29, 0.717) is 25.0 Å². The molecule has 0 spiro atoms. The minimum atomic E-state index is -0.0200. The van der Waals surface area contributed by atoms with Crippen molar-refractivity contribution >= 4 is 16.9 Å². The van der Waals surface area contributed by atoms with Crippen molar-refractivity contribution in [1.29, 1.82) is 0 Å². The van der Waals surface area contributed by atoms with E-state index in [1.807, 2.05) is 6.92 Å². The number of aromatic nitrogens is 3. The van der Waals surface area contributed by atoms with Crippen LogP contribution in [0.5, 0.6) is 5.88 Å². The molecule has 2 fully saturated rings. The molecule has 1 atom stereocenters. The predicted octanol–water partition coefficient (Wildman–Crippen LogP) is 2.85. The van der Waals surface area contributed by atoms with Crippen LogP contribution in [-0.4, -0.2) is 45.8 Å². The van der Waals surface area contributed by atoms with Crippen molar-refractivity contribution in [2.45, 2.75) is 65.1 Å². The minimum Gasteiger partial charge on any atom is -0.477 e. The van der Waals surface area contributed by atoms with Crippen LogP contribution in [0, 0.1) is 18.8 Å². The Bertz CT molecular complexity index is 840. The smallest absolute Gasteiger partial charge is 0.226 e. The van der Waals surface area contributed by atoms with Gasteiger partial charge in [0.2, 0.25) is 11.8 Å². The quantitative estimate of drug-likeness (QED) is 0.717. The lowest BCUT2D eigenvalue weighted by Gasteiger charge is -2.35. The predicted molar refractivity (Wildman–Crippen MR) is 106 cm³/mol. The van der Waals surface area contributed by atoms with Crippen LogP contribution in [0.3, 0.4) is 0 Å². The Morgan fingerprint density at radius 1 is 1.32 bits per heavy atom. The Morgan fingerprint density at radius 2 is 2.11 bits per heavy atom. The lowest BCUT2D eigenvalue weighted by atomic mass is 9.83. The number of ether oxygens (including phenoxy) is 2. The Kier molecular flexibility index (Phi) is 5.53. The lowest BCUT2D eigenvalue weighted by Crippen LogP contribution is -2.40. The molecule has 0 unspecified atom stereocenters. The Labute approximate surface area is 165 Å². The molecule has 2 aliphatic carbocycles. The van der Waals surface area contributed by atoms with Crippen LogP contribution in [-0.2, 0) is 16.1 Å². The van der Waals surface area contributed by atoms with Gasteiger partial charge in [-0.15, -0.1) is 0 Å². The van der Waals surface area contributed by atoms with E-state index >= 15 is 0 Å². The van der Waals surface area contributed by atoms with Crippen LogP contribution in [0.15, 0.2) is 12.4 Å². The number of carbonyl (C=O) groups is 1. The summed E-state index contributed by atoms with van der Waals surface area (Å²) in [5.41, 5.74) is 2.20. The van der Waals surface area contributed by atoms with Gasteiger partial charge >= 0.3 is 0 Å². The summed E-state index contributed by atoms with van der Waals surface area (Å²) < 4.78 is 14.2. The number of nitrogens with zero attached hydrogens (tertiary/aromatic N) is 3. The van der Waals surface area contributed by atoms with Gasteiger partial charge in [0.15, 0.2) is 0 Å². The number of carbonyl (C=O) groups excluding carboxylic acids is 1. The van der Waals surface area contributed by atoms with Crippen LogP contribution >= 0.6 is 0 Å². The molecule has 152 valence electrons. The third kappa shape index (κ3) is 4.46. The van der Waals surface area contributed by atoms with Crippen molar-refractivity contribution in [2.75, 3.05) is 13.2 Å². The third-order valence-electron chi connectivity index (χ3n) is 5.68. The van der Waals surface area contributed by atoms with Crippen LogP contribution < -0.4 is 10.1 Å². The summed E-state index contributed by atoms with van der Waals surface area (Å²) >= 11 is 0. The second-order valence-corrected chi connectivity index (χ2v) is 8.46. The highest BCUT2D eigenvalue weighted by Gasteiger charge is 2.31. The summed E-state index contributed by atoms with van der Waals surface area (Å²) in [6.07, 6.45) is 6.49. The van der Waals surface area contributed by atoms with Crippen LogP contribution in [0.4, 0.5) is 0 Å². The molecule has 1 amide bonds. The van der Waals surface area contributed by atoms with E-state index in [1.165, 1.54) is 25.5 Å². The molecular weight excluding hydrogens is 356 g/mol. The molecule has 0 radical (unpaired) electrons. The fraction of sp³-hybridized carbons (Fsp3) is 0.667. The van der Waals surface area contributed by atoms with E-state index in [1.54, 1.807) is 6.33 Å². The largest absolute Gasteiger partial charge is 0.477 e. The average molecular weight is 386 g/mol. The van der Waals surface area contributed by atoms with Crippen LogP contribution in [0.2, 0.25) is 0 Å².